The van der Waals surface area contributed by atoms with Crippen LogP contribution < -0.4 is 5.63 Å². The SMILES string of the molecule is Cc1ccc(CC(=O)OCc2cc(=O)oc3c(C)c(C)ccc23)cc1. The van der Waals surface area contributed by atoms with Crippen molar-refractivity contribution in [1.29, 1.82) is 0 Å². The van der Waals surface area contributed by atoms with Crippen molar-refractivity contribution in [3.63, 3.8) is 0 Å². The number of esters is 1. The summed E-state index contributed by atoms with van der Waals surface area (Å²) in [6.45, 7) is 5.92. The van der Waals surface area contributed by atoms with Crippen LogP contribution in [0.15, 0.2) is 51.7 Å². The third-order valence-corrected chi connectivity index (χ3v) is 4.38. The summed E-state index contributed by atoms with van der Waals surface area (Å²) in [5.74, 6) is -0.325. The van der Waals surface area contributed by atoms with E-state index in [1.54, 1.807) is 0 Å². The first-order valence-electron chi connectivity index (χ1n) is 8.18. The highest BCUT2D eigenvalue weighted by atomic mass is 16.5. The average molecular weight is 336 g/mol. The van der Waals surface area contributed by atoms with Gasteiger partial charge in [0.2, 0.25) is 0 Å². The molecule has 0 spiro atoms. The molecule has 3 aromatic rings. The topological polar surface area (TPSA) is 56.5 Å². The molecule has 1 heterocycles. The van der Waals surface area contributed by atoms with Gasteiger partial charge in [-0.3, -0.25) is 4.79 Å². The van der Waals surface area contributed by atoms with Crippen LogP contribution in [0.2, 0.25) is 0 Å². The van der Waals surface area contributed by atoms with Gasteiger partial charge in [0.15, 0.2) is 0 Å². The van der Waals surface area contributed by atoms with Gasteiger partial charge in [-0.15, -0.1) is 0 Å². The number of carbonyl (C=O) groups excluding carboxylic acids is 1. The third-order valence-electron chi connectivity index (χ3n) is 4.38. The van der Waals surface area contributed by atoms with Crippen molar-refractivity contribution in [1.82, 2.24) is 0 Å². The van der Waals surface area contributed by atoms with Gasteiger partial charge in [-0.05, 0) is 37.5 Å². The standard InChI is InChI=1S/C21H20O4/c1-13-4-7-16(8-5-13)10-19(22)24-12-17-11-20(23)25-21-15(3)14(2)6-9-18(17)21/h4-9,11H,10,12H2,1-3H3. The first-order valence-corrected chi connectivity index (χ1v) is 8.18. The molecule has 0 N–H and O–H groups in total. The molecule has 0 aliphatic heterocycles. The molecule has 0 fully saturated rings. The van der Waals surface area contributed by atoms with Crippen LogP contribution in [-0.4, -0.2) is 5.97 Å². The number of aryl methyl sites for hydroxylation is 3. The molecule has 128 valence electrons. The Morgan fingerprint density at radius 1 is 1.04 bits per heavy atom. The summed E-state index contributed by atoms with van der Waals surface area (Å²) in [6.07, 6.45) is 0.206. The summed E-state index contributed by atoms with van der Waals surface area (Å²) in [5.41, 5.74) is 4.78. The lowest BCUT2D eigenvalue weighted by Crippen LogP contribution is -2.10. The molecular formula is C21H20O4. The zero-order valence-corrected chi connectivity index (χ0v) is 14.6. The second-order valence-electron chi connectivity index (χ2n) is 6.30. The maximum absolute atomic E-state index is 12.1. The Morgan fingerprint density at radius 2 is 1.76 bits per heavy atom. The molecule has 0 amide bonds. The van der Waals surface area contributed by atoms with Crippen LogP contribution in [0.1, 0.15) is 27.8 Å². The van der Waals surface area contributed by atoms with Gasteiger partial charge < -0.3 is 9.15 Å². The summed E-state index contributed by atoms with van der Waals surface area (Å²) in [6, 6.07) is 13.0. The van der Waals surface area contributed by atoms with Gasteiger partial charge in [0.05, 0.1) is 6.42 Å². The van der Waals surface area contributed by atoms with E-state index in [1.165, 1.54) is 6.07 Å². The van der Waals surface area contributed by atoms with Crippen LogP contribution in [0.25, 0.3) is 11.0 Å². The predicted molar refractivity (Wildman–Crippen MR) is 96.6 cm³/mol. The number of hydrogen-bond acceptors (Lipinski definition) is 4. The molecule has 0 saturated heterocycles. The Bertz CT molecular complexity index is 981. The molecule has 0 saturated carbocycles. The van der Waals surface area contributed by atoms with E-state index in [-0.39, 0.29) is 19.0 Å². The normalized spacial score (nSPS) is 10.8. The van der Waals surface area contributed by atoms with Gasteiger partial charge in [-0.2, -0.15) is 0 Å². The van der Waals surface area contributed by atoms with Crippen molar-refractivity contribution in [2.75, 3.05) is 0 Å². The first-order chi connectivity index (χ1) is 11.9. The van der Waals surface area contributed by atoms with Crippen molar-refractivity contribution in [2.45, 2.75) is 33.8 Å². The second-order valence-corrected chi connectivity index (χ2v) is 6.30. The Hall–Kier alpha value is -2.88. The van der Waals surface area contributed by atoms with E-state index in [9.17, 15) is 9.59 Å². The number of rotatable bonds is 4. The van der Waals surface area contributed by atoms with Crippen LogP contribution in [0.3, 0.4) is 0 Å². The molecule has 2 aromatic carbocycles. The third kappa shape index (κ3) is 3.79. The molecule has 4 heteroatoms. The summed E-state index contributed by atoms with van der Waals surface area (Å²) < 4.78 is 10.7. The van der Waals surface area contributed by atoms with Crippen LogP contribution in [0, 0.1) is 20.8 Å². The summed E-state index contributed by atoms with van der Waals surface area (Å²) >= 11 is 0. The summed E-state index contributed by atoms with van der Waals surface area (Å²) in [4.78, 5) is 23.9. The Balaban J connectivity index is 1.79. The fourth-order valence-electron chi connectivity index (χ4n) is 2.73. The lowest BCUT2D eigenvalue weighted by Gasteiger charge is -2.10. The average Bonchev–Trinajstić information content (AvgIpc) is 2.58. The van der Waals surface area contributed by atoms with E-state index >= 15 is 0 Å². The highest BCUT2D eigenvalue weighted by Gasteiger charge is 2.12. The number of hydrogen-bond donors (Lipinski definition) is 0. The second kappa shape index (κ2) is 6.93. The fraction of sp³-hybridized carbons (Fsp3) is 0.238. The van der Waals surface area contributed by atoms with E-state index in [1.807, 2.05) is 57.2 Å². The van der Waals surface area contributed by atoms with Gasteiger partial charge in [0.1, 0.15) is 12.2 Å². The van der Waals surface area contributed by atoms with Crippen molar-refractivity contribution >= 4 is 16.9 Å². The zero-order chi connectivity index (χ0) is 18.0. The Labute approximate surface area is 146 Å². The minimum Gasteiger partial charge on any atom is -0.461 e. The molecule has 0 aliphatic carbocycles. The van der Waals surface area contributed by atoms with Crippen molar-refractivity contribution < 1.29 is 13.9 Å². The van der Waals surface area contributed by atoms with Crippen molar-refractivity contribution in [3.8, 4) is 0 Å². The number of fused-ring (bicyclic) bond motifs is 1. The van der Waals surface area contributed by atoms with Gasteiger partial charge in [0, 0.05) is 17.0 Å². The van der Waals surface area contributed by atoms with E-state index in [4.69, 9.17) is 9.15 Å². The van der Waals surface area contributed by atoms with Gasteiger partial charge in [0.25, 0.3) is 0 Å². The predicted octanol–water partition coefficient (Wildman–Crippen LogP) is 4.00. The molecule has 0 bridgehead atoms. The van der Waals surface area contributed by atoms with Crippen LogP contribution >= 0.6 is 0 Å². The van der Waals surface area contributed by atoms with Crippen molar-refractivity contribution in [3.05, 3.63) is 80.7 Å². The van der Waals surface area contributed by atoms with E-state index in [0.717, 1.165) is 27.6 Å². The first kappa shape index (κ1) is 17.0. The monoisotopic (exact) mass is 336 g/mol. The minimum atomic E-state index is -0.439. The fourth-order valence-corrected chi connectivity index (χ4v) is 2.73. The molecule has 25 heavy (non-hydrogen) atoms. The van der Waals surface area contributed by atoms with Crippen LogP contribution in [-0.2, 0) is 22.6 Å². The lowest BCUT2D eigenvalue weighted by molar-refractivity contribution is -0.144. The maximum atomic E-state index is 12.1. The molecular weight excluding hydrogens is 316 g/mol. The minimum absolute atomic E-state index is 0.0509. The summed E-state index contributed by atoms with van der Waals surface area (Å²) in [7, 11) is 0. The molecule has 0 unspecified atom stereocenters. The largest absolute Gasteiger partial charge is 0.461 e. The molecule has 0 aliphatic rings. The quantitative estimate of drug-likeness (QED) is 0.534. The van der Waals surface area contributed by atoms with Crippen LogP contribution in [0.4, 0.5) is 0 Å². The lowest BCUT2D eigenvalue weighted by atomic mass is 10.0. The highest BCUT2D eigenvalue weighted by molar-refractivity contribution is 5.84. The Morgan fingerprint density at radius 3 is 2.48 bits per heavy atom. The number of ether oxygens (including phenoxy) is 1. The van der Waals surface area contributed by atoms with Gasteiger partial charge in [-0.1, -0.05) is 42.0 Å². The summed E-state index contributed by atoms with van der Waals surface area (Å²) in [5, 5.41) is 0.797. The van der Waals surface area contributed by atoms with E-state index < -0.39 is 5.63 Å². The van der Waals surface area contributed by atoms with Gasteiger partial charge in [-0.25, -0.2) is 4.79 Å². The molecule has 0 atom stereocenters. The van der Waals surface area contributed by atoms with Gasteiger partial charge >= 0.3 is 11.6 Å². The highest BCUT2D eigenvalue weighted by Crippen LogP contribution is 2.23. The number of benzene rings is 2. The molecule has 0 radical (unpaired) electrons. The molecule has 3 rings (SSSR count). The zero-order valence-electron chi connectivity index (χ0n) is 14.6. The number of carbonyl (C=O) groups is 1. The molecule has 1 aromatic heterocycles. The maximum Gasteiger partial charge on any atom is 0.336 e. The Kier molecular flexibility index (Phi) is 4.70. The smallest absolute Gasteiger partial charge is 0.336 e. The van der Waals surface area contributed by atoms with Crippen LogP contribution in [0.5, 0.6) is 0 Å². The van der Waals surface area contributed by atoms with E-state index in [2.05, 4.69) is 0 Å². The molecule has 4 nitrogen and oxygen atoms in total. The van der Waals surface area contributed by atoms with Crippen molar-refractivity contribution in [2.24, 2.45) is 0 Å². The van der Waals surface area contributed by atoms with E-state index in [0.29, 0.717) is 11.1 Å².